The monoisotopic (exact) mass is 756 g/mol. The summed E-state index contributed by atoms with van der Waals surface area (Å²) < 4.78 is 21.7. The normalized spacial score (nSPS) is 12.1. The van der Waals surface area contributed by atoms with Crippen molar-refractivity contribution in [2.24, 2.45) is 11.8 Å². The van der Waals surface area contributed by atoms with Crippen LogP contribution >= 0.6 is 0 Å². The Balaban J connectivity index is 2.00. The van der Waals surface area contributed by atoms with Crippen LogP contribution in [0.15, 0.2) is 24.3 Å². The lowest BCUT2D eigenvalue weighted by Gasteiger charge is -2.15. The SMILES string of the molecule is CCCCC(CC)COC(=O)CCCCCOC(=O)c1ccc(C(=O)O)c2c(C(=O)OCCCCCC(=O)OCC(CC)CCCC)ccc(C(=O)O)c12. The van der Waals surface area contributed by atoms with Gasteiger partial charge in [-0.25, -0.2) is 19.2 Å². The number of hydrogen-bond donors (Lipinski definition) is 2. The standard InChI is InChI=1S/C42H60O12/c1-5-9-17-29(7-3)27-53-35(43)19-13-11-15-25-51-41(49)33-23-21-32(40(47)48)38-34(24-22-31(37(33)38)39(45)46)42(50)52-26-16-12-14-20-36(44)54-28-30(8-4)18-10-6-2/h21-24,29-30H,5-20,25-28H2,1-4H3,(H,45,46)(H,47,48). The summed E-state index contributed by atoms with van der Waals surface area (Å²) in [6.07, 6.45) is 11.9. The Morgan fingerprint density at radius 1 is 0.500 bits per heavy atom. The van der Waals surface area contributed by atoms with E-state index in [1.807, 2.05) is 0 Å². The molecule has 0 aliphatic carbocycles. The molecule has 0 saturated carbocycles. The molecular formula is C42H60O12. The van der Waals surface area contributed by atoms with E-state index in [0.717, 1.165) is 63.5 Å². The quantitative estimate of drug-likeness (QED) is 0.0478. The third kappa shape index (κ3) is 15.5. The summed E-state index contributed by atoms with van der Waals surface area (Å²) in [5, 5.41) is 19.5. The number of hydrogen-bond acceptors (Lipinski definition) is 10. The van der Waals surface area contributed by atoms with Gasteiger partial charge < -0.3 is 29.2 Å². The molecule has 2 aromatic carbocycles. The van der Waals surface area contributed by atoms with Gasteiger partial charge in [0.1, 0.15) is 0 Å². The molecule has 0 saturated heterocycles. The third-order valence-corrected chi connectivity index (χ3v) is 9.62. The number of carboxylic acid groups (broad SMARTS) is 2. The summed E-state index contributed by atoms with van der Waals surface area (Å²) in [5.74, 6) is -4.44. The first-order valence-electron chi connectivity index (χ1n) is 19.7. The highest BCUT2D eigenvalue weighted by Gasteiger charge is 2.27. The number of rotatable bonds is 28. The molecule has 2 N–H and O–H groups in total. The van der Waals surface area contributed by atoms with Crippen molar-refractivity contribution in [3.05, 3.63) is 46.5 Å². The van der Waals surface area contributed by atoms with Crippen molar-refractivity contribution in [2.45, 2.75) is 130 Å². The number of aromatic carboxylic acids is 2. The van der Waals surface area contributed by atoms with Crippen LogP contribution in [0.3, 0.4) is 0 Å². The average Bonchev–Trinajstić information content (AvgIpc) is 3.16. The molecule has 2 unspecified atom stereocenters. The van der Waals surface area contributed by atoms with E-state index in [9.17, 15) is 39.0 Å². The van der Waals surface area contributed by atoms with Crippen LogP contribution in [0.1, 0.15) is 172 Å². The molecule has 54 heavy (non-hydrogen) atoms. The predicted octanol–water partition coefficient (Wildman–Crippen LogP) is 9.19. The van der Waals surface area contributed by atoms with Crippen LogP contribution in [0, 0.1) is 11.8 Å². The van der Waals surface area contributed by atoms with E-state index < -0.39 is 23.9 Å². The highest BCUT2D eigenvalue weighted by atomic mass is 16.5. The van der Waals surface area contributed by atoms with Gasteiger partial charge in [0.25, 0.3) is 0 Å². The topological polar surface area (TPSA) is 180 Å². The Bertz CT molecular complexity index is 1420. The fourth-order valence-electron chi connectivity index (χ4n) is 6.14. The molecule has 0 spiro atoms. The van der Waals surface area contributed by atoms with Crippen molar-refractivity contribution in [1.29, 1.82) is 0 Å². The van der Waals surface area contributed by atoms with Gasteiger partial charge >= 0.3 is 35.8 Å². The van der Waals surface area contributed by atoms with Crippen LogP contribution in [0.5, 0.6) is 0 Å². The molecule has 2 atom stereocenters. The van der Waals surface area contributed by atoms with Crippen molar-refractivity contribution >= 4 is 46.6 Å². The summed E-state index contributed by atoms with van der Waals surface area (Å²) in [6, 6.07) is 4.61. The summed E-state index contributed by atoms with van der Waals surface area (Å²) >= 11 is 0. The van der Waals surface area contributed by atoms with Gasteiger partial charge in [0, 0.05) is 23.6 Å². The number of unbranched alkanes of at least 4 members (excludes halogenated alkanes) is 6. The van der Waals surface area contributed by atoms with E-state index in [2.05, 4.69) is 27.7 Å². The van der Waals surface area contributed by atoms with E-state index >= 15 is 0 Å². The molecule has 0 fully saturated rings. The number of esters is 4. The van der Waals surface area contributed by atoms with Crippen molar-refractivity contribution in [3.63, 3.8) is 0 Å². The van der Waals surface area contributed by atoms with Gasteiger partial charge in [0.15, 0.2) is 0 Å². The zero-order chi connectivity index (χ0) is 39.9. The first-order chi connectivity index (χ1) is 26.0. The second-order valence-corrected chi connectivity index (χ2v) is 13.8. The smallest absolute Gasteiger partial charge is 0.338 e. The Morgan fingerprint density at radius 2 is 0.870 bits per heavy atom. The number of ether oxygens (including phenoxy) is 4. The zero-order valence-electron chi connectivity index (χ0n) is 32.6. The van der Waals surface area contributed by atoms with Gasteiger partial charge in [-0.3, -0.25) is 9.59 Å². The molecule has 12 heteroatoms. The zero-order valence-corrected chi connectivity index (χ0v) is 32.6. The van der Waals surface area contributed by atoms with Gasteiger partial charge in [-0.15, -0.1) is 0 Å². The summed E-state index contributed by atoms with van der Waals surface area (Å²) in [4.78, 5) is 75.4. The highest BCUT2D eigenvalue weighted by Crippen LogP contribution is 2.32. The largest absolute Gasteiger partial charge is 0.478 e. The maximum Gasteiger partial charge on any atom is 0.338 e. The van der Waals surface area contributed by atoms with Crippen LogP contribution in [-0.2, 0) is 28.5 Å². The van der Waals surface area contributed by atoms with Gasteiger partial charge in [0.05, 0.1) is 48.7 Å². The molecule has 12 nitrogen and oxygen atoms in total. The molecule has 300 valence electrons. The van der Waals surface area contributed by atoms with E-state index in [4.69, 9.17) is 18.9 Å². The first-order valence-corrected chi connectivity index (χ1v) is 19.7. The number of carbonyl (C=O) groups excluding carboxylic acids is 4. The molecule has 0 amide bonds. The molecule has 0 radical (unpaired) electrons. The van der Waals surface area contributed by atoms with E-state index in [0.29, 0.717) is 63.6 Å². The molecule has 0 aliphatic heterocycles. The minimum absolute atomic E-state index is 0.0228. The van der Waals surface area contributed by atoms with Crippen molar-refractivity contribution in [2.75, 3.05) is 26.4 Å². The third-order valence-electron chi connectivity index (χ3n) is 9.62. The molecular weight excluding hydrogens is 696 g/mol. The fourth-order valence-corrected chi connectivity index (χ4v) is 6.14. The summed E-state index contributed by atoms with van der Waals surface area (Å²) in [7, 11) is 0. The Morgan fingerprint density at radius 3 is 1.20 bits per heavy atom. The van der Waals surface area contributed by atoms with Gasteiger partial charge in [-0.2, -0.15) is 0 Å². The number of carbonyl (C=O) groups is 6. The minimum Gasteiger partial charge on any atom is -0.478 e. The van der Waals surface area contributed by atoms with Crippen molar-refractivity contribution in [1.82, 2.24) is 0 Å². The lowest BCUT2D eigenvalue weighted by atomic mass is 9.91. The molecule has 0 heterocycles. The van der Waals surface area contributed by atoms with Gasteiger partial charge in [0.2, 0.25) is 0 Å². The Hall–Kier alpha value is -4.48. The molecule has 2 aromatic rings. The highest BCUT2D eigenvalue weighted by molar-refractivity contribution is 6.22. The second-order valence-electron chi connectivity index (χ2n) is 13.8. The second kappa shape index (κ2) is 25.5. The molecule has 0 aliphatic rings. The molecule has 0 bridgehead atoms. The van der Waals surface area contributed by atoms with Gasteiger partial charge in [-0.05, 0) is 87.5 Å². The Labute approximate surface area is 319 Å². The van der Waals surface area contributed by atoms with E-state index in [1.165, 1.54) is 12.1 Å². The van der Waals surface area contributed by atoms with E-state index in [-0.39, 0.29) is 71.0 Å². The van der Waals surface area contributed by atoms with E-state index in [1.54, 1.807) is 0 Å². The average molecular weight is 757 g/mol. The van der Waals surface area contributed by atoms with Crippen molar-refractivity contribution in [3.8, 4) is 0 Å². The number of carboxylic acids is 2. The van der Waals surface area contributed by atoms with Crippen molar-refractivity contribution < 1.29 is 57.9 Å². The Kier molecular flexibility index (Phi) is 21.6. The summed E-state index contributed by atoms with van der Waals surface area (Å²) in [6.45, 7) is 9.20. The van der Waals surface area contributed by atoms with Crippen LogP contribution in [-0.4, -0.2) is 72.5 Å². The summed E-state index contributed by atoms with van der Waals surface area (Å²) in [5.41, 5.74) is -1.17. The number of fused-ring (bicyclic) bond motifs is 1. The molecule has 2 rings (SSSR count). The lowest BCUT2D eigenvalue weighted by Crippen LogP contribution is -2.15. The van der Waals surface area contributed by atoms with Crippen LogP contribution in [0.25, 0.3) is 10.8 Å². The van der Waals surface area contributed by atoms with Crippen LogP contribution in [0.2, 0.25) is 0 Å². The van der Waals surface area contributed by atoms with Crippen LogP contribution in [0.4, 0.5) is 0 Å². The minimum atomic E-state index is -1.43. The van der Waals surface area contributed by atoms with Crippen LogP contribution < -0.4 is 0 Å². The lowest BCUT2D eigenvalue weighted by molar-refractivity contribution is -0.146. The van der Waals surface area contributed by atoms with Gasteiger partial charge in [-0.1, -0.05) is 66.2 Å². The predicted molar refractivity (Wildman–Crippen MR) is 204 cm³/mol. The maximum atomic E-state index is 13.3. The first kappa shape index (κ1) is 45.7. The maximum absolute atomic E-state index is 13.3. The fraction of sp³-hybridized carbons (Fsp3) is 0.619. The number of benzene rings is 2. The molecule has 0 aromatic heterocycles.